The zero-order valence-electron chi connectivity index (χ0n) is 10.7. The first-order valence-corrected chi connectivity index (χ1v) is 5.98. The van der Waals surface area contributed by atoms with Crippen molar-refractivity contribution in [2.24, 2.45) is 7.05 Å². The summed E-state index contributed by atoms with van der Waals surface area (Å²) in [6, 6.07) is 6.47. The number of halogens is 1. The average Bonchev–Trinajstić information content (AvgIpc) is 2.61. The summed E-state index contributed by atoms with van der Waals surface area (Å²) in [5, 5.41) is 8.97. The third kappa shape index (κ3) is 2.59. The first kappa shape index (κ1) is 12.8. The van der Waals surface area contributed by atoms with Crippen molar-refractivity contribution in [3.8, 4) is 0 Å². The van der Waals surface area contributed by atoms with Gasteiger partial charge in [0.15, 0.2) is 0 Å². The molecular weight excluding hydrogens is 231 g/mol. The summed E-state index contributed by atoms with van der Waals surface area (Å²) in [6.45, 7) is 2.10. The van der Waals surface area contributed by atoms with Crippen LogP contribution in [-0.2, 0) is 19.9 Å². The van der Waals surface area contributed by atoms with Crippen molar-refractivity contribution in [2.45, 2.75) is 19.8 Å². The van der Waals surface area contributed by atoms with Crippen molar-refractivity contribution in [3.63, 3.8) is 0 Å². The second-order valence-electron chi connectivity index (χ2n) is 4.40. The summed E-state index contributed by atoms with van der Waals surface area (Å²) in [5.74, 6) is 0.657. The number of hydrogen-bond acceptors (Lipinski definition) is 2. The van der Waals surface area contributed by atoms with Crippen LogP contribution in [0.15, 0.2) is 24.3 Å². The van der Waals surface area contributed by atoms with E-state index in [-0.39, 0.29) is 12.4 Å². The van der Waals surface area contributed by atoms with E-state index in [0.717, 1.165) is 22.8 Å². The van der Waals surface area contributed by atoms with Gasteiger partial charge in [0.05, 0.1) is 12.3 Å². The Bertz CT molecular complexity index is 531. The monoisotopic (exact) mass is 248 g/mol. The number of rotatable bonds is 4. The van der Waals surface area contributed by atoms with Crippen molar-refractivity contribution < 1.29 is 9.50 Å². The fourth-order valence-corrected chi connectivity index (χ4v) is 1.99. The Morgan fingerprint density at radius 2 is 1.94 bits per heavy atom. The van der Waals surface area contributed by atoms with E-state index in [1.54, 1.807) is 12.1 Å². The maximum Gasteiger partial charge on any atom is 0.123 e. The first-order chi connectivity index (χ1) is 8.61. The highest BCUT2D eigenvalue weighted by Crippen LogP contribution is 2.15. The van der Waals surface area contributed by atoms with E-state index in [1.807, 2.05) is 18.5 Å². The van der Waals surface area contributed by atoms with Crippen LogP contribution in [-0.4, -0.2) is 21.3 Å². The third-order valence-electron chi connectivity index (χ3n) is 3.19. The zero-order chi connectivity index (χ0) is 13.1. The Morgan fingerprint density at radius 3 is 2.56 bits per heavy atom. The van der Waals surface area contributed by atoms with Crippen LogP contribution < -0.4 is 0 Å². The normalized spacial score (nSPS) is 10.9. The number of aliphatic hydroxyl groups is 1. The van der Waals surface area contributed by atoms with Crippen molar-refractivity contribution in [3.05, 3.63) is 52.9 Å². The summed E-state index contributed by atoms with van der Waals surface area (Å²) in [7, 11) is 1.95. The quantitative estimate of drug-likeness (QED) is 0.898. The maximum atomic E-state index is 12.8. The molecule has 0 aliphatic carbocycles. The van der Waals surface area contributed by atoms with Gasteiger partial charge in [0, 0.05) is 25.6 Å². The van der Waals surface area contributed by atoms with E-state index >= 15 is 0 Å². The van der Waals surface area contributed by atoms with Crippen LogP contribution in [0.3, 0.4) is 0 Å². The van der Waals surface area contributed by atoms with E-state index < -0.39 is 0 Å². The molecule has 2 aromatic rings. The summed E-state index contributed by atoms with van der Waals surface area (Å²) >= 11 is 0. The molecule has 96 valence electrons. The molecule has 0 bridgehead atoms. The molecule has 0 amide bonds. The van der Waals surface area contributed by atoms with Crippen molar-refractivity contribution in [1.82, 2.24) is 9.55 Å². The van der Waals surface area contributed by atoms with Gasteiger partial charge >= 0.3 is 0 Å². The lowest BCUT2D eigenvalue weighted by atomic mass is 10.1. The van der Waals surface area contributed by atoms with Gasteiger partial charge < -0.3 is 9.67 Å². The van der Waals surface area contributed by atoms with E-state index in [2.05, 4.69) is 4.98 Å². The molecule has 1 aromatic heterocycles. The molecular formula is C14H17FN2O. The van der Waals surface area contributed by atoms with Crippen LogP contribution in [0.2, 0.25) is 0 Å². The van der Waals surface area contributed by atoms with Gasteiger partial charge in [0.2, 0.25) is 0 Å². The highest BCUT2D eigenvalue weighted by Gasteiger charge is 2.11. The molecule has 0 fully saturated rings. The Hall–Kier alpha value is -1.68. The molecule has 2 rings (SSSR count). The summed E-state index contributed by atoms with van der Waals surface area (Å²) < 4.78 is 14.8. The molecule has 1 N–H and O–H groups in total. The lowest BCUT2D eigenvalue weighted by molar-refractivity contribution is 0.295. The molecule has 0 saturated carbocycles. The zero-order valence-corrected chi connectivity index (χ0v) is 10.7. The van der Waals surface area contributed by atoms with Crippen LogP contribution in [0.1, 0.15) is 22.8 Å². The smallest absolute Gasteiger partial charge is 0.123 e. The second-order valence-corrected chi connectivity index (χ2v) is 4.40. The Labute approximate surface area is 106 Å². The minimum absolute atomic E-state index is 0.0975. The summed E-state index contributed by atoms with van der Waals surface area (Å²) in [5.41, 5.74) is 3.10. The molecule has 18 heavy (non-hydrogen) atoms. The van der Waals surface area contributed by atoms with Crippen molar-refractivity contribution >= 4 is 0 Å². The Morgan fingerprint density at radius 1 is 1.28 bits per heavy atom. The SMILES string of the molecule is Cc1c(Cc2ccc(F)cc2)nc(CCO)n1C. The first-order valence-electron chi connectivity index (χ1n) is 5.98. The molecule has 0 aliphatic heterocycles. The highest BCUT2D eigenvalue weighted by atomic mass is 19.1. The maximum absolute atomic E-state index is 12.8. The number of benzene rings is 1. The number of aromatic nitrogens is 2. The standard InChI is InChI=1S/C14H17FN2O/c1-10-13(16-14(7-8-18)17(10)2)9-11-3-5-12(15)6-4-11/h3-6,18H,7-9H2,1-2H3. The van der Waals surface area contributed by atoms with Gasteiger partial charge in [-0.1, -0.05) is 12.1 Å². The van der Waals surface area contributed by atoms with Gasteiger partial charge in [-0.15, -0.1) is 0 Å². The Kier molecular flexibility index (Phi) is 3.77. The highest BCUT2D eigenvalue weighted by molar-refractivity contribution is 5.26. The molecule has 0 spiro atoms. The van der Waals surface area contributed by atoms with Crippen LogP contribution in [0.4, 0.5) is 4.39 Å². The molecule has 4 heteroatoms. The molecule has 1 heterocycles. The Balaban J connectivity index is 2.23. The molecule has 0 unspecified atom stereocenters. The second kappa shape index (κ2) is 5.31. The fourth-order valence-electron chi connectivity index (χ4n) is 1.99. The van der Waals surface area contributed by atoms with E-state index in [0.29, 0.717) is 12.8 Å². The minimum Gasteiger partial charge on any atom is -0.396 e. The van der Waals surface area contributed by atoms with Gasteiger partial charge in [-0.25, -0.2) is 9.37 Å². The fraction of sp³-hybridized carbons (Fsp3) is 0.357. The van der Waals surface area contributed by atoms with Gasteiger partial charge in [0.1, 0.15) is 11.6 Å². The molecule has 0 saturated heterocycles. The lowest BCUT2D eigenvalue weighted by Gasteiger charge is -2.01. The van der Waals surface area contributed by atoms with Crippen LogP contribution in [0.25, 0.3) is 0 Å². The number of aliphatic hydroxyl groups excluding tert-OH is 1. The number of hydrogen-bond donors (Lipinski definition) is 1. The predicted molar refractivity (Wildman–Crippen MR) is 67.9 cm³/mol. The van der Waals surface area contributed by atoms with Gasteiger partial charge in [-0.2, -0.15) is 0 Å². The van der Waals surface area contributed by atoms with Gasteiger partial charge in [0.25, 0.3) is 0 Å². The van der Waals surface area contributed by atoms with E-state index in [1.165, 1.54) is 12.1 Å². The minimum atomic E-state index is -0.225. The summed E-state index contributed by atoms with van der Waals surface area (Å²) in [6.07, 6.45) is 1.24. The molecule has 0 atom stereocenters. The largest absolute Gasteiger partial charge is 0.396 e. The van der Waals surface area contributed by atoms with Crippen LogP contribution in [0, 0.1) is 12.7 Å². The number of nitrogens with zero attached hydrogens (tertiary/aromatic N) is 2. The van der Waals surface area contributed by atoms with Crippen molar-refractivity contribution in [1.29, 1.82) is 0 Å². The molecule has 3 nitrogen and oxygen atoms in total. The molecule has 1 aromatic carbocycles. The van der Waals surface area contributed by atoms with Crippen LogP contribution in [0.5, 0.6) is 0 Å². The van der Waals surface area contributed by atoms with Crippen molar-refractivity contribution in [2.75, 3.05) is 6.61 Å². The summed E-state index contributed by atoms with van der Waals surface area (Å²) in [4.78, 5) is 4.53. The predicted octanol–water partition coefficient (Wildman–Crippen LogP) is 1.99. The van der Waals surface area contributed by atoms with E-state index in [9.17, 15) is 4.39 Å². The molecule has 0 aliphatic rings. The van der Waals surface area contributed by atoms with Gasteiger partial charge in [-0.3, -0.25) is 0 Å². The average molecular weight is 248 g/mol. The van der Waals surface area contributed by atoms with Gasteiger partial charge in [-0.05, 0) is 24.6 Å². The van der Waals surface area contributed by atoms with Crippen LogP contribution >= 0.6 is 0 Å². The topological polar surface area (TPSA) is 38.1 Å². The number of imidazole rings is 1. The lowest BCUT2D eigenvalue weighted by Crippen LogP contribution is -2.01. The third-order valence-corrected chi connectivity index (χ3v) is 3.19. The molecule has 0 radical (unpaired) electrons. The van der Waals surface area contributed by atoms with E-state index in [4.69, 9.17) is 5.11 Å².